The van der Waals surface area contributed by atoms with Crippen molar-refractivity contribution in [2.24, 2.45) is 0 Å². The van der Waals surface area contributed by atoms with Crippen LogP contribution >= 0.6 is 11.3 Å². The molecule has 1 saturated carbocycles. The van der Waals surface area contributed by atoms with Crippen molar-refractivity contribution in [2.45, 2.75) is 55.7 Å². The van der Waals surface area contributed by atoms with E-state index in [1.54, 1.807) is 10.4 Å². The Kier molecular flexibility index (Phi) is 5.22. The van der Waals surface area contributed by atoms with Gasteiger partial charge in [0.05, 0.1) is 0 Å². The zero-order chi connectivity index (χ0) is 15.6. The van der Waals surface area contributed by atoms with Crippen LogP contribution in [0, 0.1) is 0 Å². The van der Waals surface area contributed by atoms with Gasteiger partial charge in [-0.25, -0.2) is 8.42 Å². The van der Waals surface area contributed by atoms with Crippen molar-refractivity contribution in [1.29, 1.82) is 0 Å². The number of rotatable bonds is 4. The van der Waals surface area contributed by atoms with E-state index in [1.165, 1.54) is 43.4 Å². The van der Waals surface area contributed by atoms with Gasteiger partial charge in [-0.15, -0.1) is 11.3 Å². The zero-order valence-electron chi connectivity index (χ0n) is 13.3. The first-order valence-corrected chi connectivity index (χ1v) is 10.7. The van der Waals surface area contributed by atoms with Crippen LogP contribution in [0.2, 0.25) is 0 Å². The fourth-order valence-electron chi connectivity index (χ4n) is 3.57. The number of hydrogen-bond donors (Lipinski definition) is 0. The maximum atomic E-state index is 12.7. The molecule has 0 amide bonds. The van der Waals surface area contributed by atoms with E-state index >= 15 is 0 Å². The maximum absolute atomic E-state index is 12.7. The minimum Gasteiger partial charge on any atom is -0.298 e. The second kappa shape index (κ2) is 6.99. The molecule has 124 valence electrons. The zero-order valence-corrected chi connectivity index (χ0v) is 15.0. The second-order valence-corrected chi connectivity index (χ2v) is 9.64. The van der Waals surface area contributed by atoms with Gasteiger partial charge in [-0.2, -0.15) is 4.31 Å². The van der Waals surface area contributed by atoms with Crippen LogP contribution < -0.4 is 0 Å². The van der Waals surface area contributed by atoms with Crippen molar-refractivity contribution in [3.8, 4) is 0 Å². The van der Waals surface area contributed by atoms with Gasteiger partial charge in [0, 0.05) is 37.1 Å². The van der Waals surface area contributed by atoms with Crippen LogP contribution in [0.1, 0.15) is 43.9 Å². The van der Waals surface area contributed by atoms with Crippen molar-refractivity contribution < 1.29 is 8.42 Å². The van der Waals surface area contributed by atoms with E-state index in [-0.39, 0.29) is 0 Å². The summed E-state index contributed by atoms with van der Waals surface area (Å²) in [7, 11) is -3.28. The third kappa shape index (κ3) is 3.40. The molecule has 1 saturated heterocycles. The molecular weight excluding hydrogens is 316 g/mol. The summed E-state index contributed by atoms with van der Waals surface area (Å²) in [4.78, 5) is 3.65. The summed E-state index contributed by atoms with van der Waals surface area (Å²) < 4.78 is 27.6. The fraction of sp³-hybridized carbons (Fsp3) is 0.750. The van der Waals surface area contributed by atoms with Crippen LogP contribution in [-0.4, -0.2) is 49.8 Å². The predicted molar refractivity (Wildman–Crippen MR) is 90.9 cm³/mol. The molecule has 2 fully saturated rings. The predicted octanol–water partition coefficient (Wildman–Crippen LogP) is 2.95. The molecule has 0 spiro atoms. The van der Waals surface area contributed by atoms with Crippen molar-refractivity contribution in [3.63, 3.8) is 0 Å². The summed E-state index contributed by atoms with van der Waals surface area (Å²) >= 11 is 1.42. The van der Waals surface area contributed by atoms with Crippen LogP contribution in [-0.2, 0) is 16.4 Å². The molecule has 0 bridgehead atoms. The molecule has 3 rings (SSSR count). The average molecular weight is 343 g/mol. The Morgan fingerprint density at radius 3 is 2.36 bits per heavy atom. The van der Waals surface area contributed by atoms with Gasteiger partial charge in [-0.05, 0) is 31.4 Å². The van der Waals surface area contributed by atoms with Crippen molar-refractivity contribution in [2.75, 3.05) is 26.2 Å². The number of aryl methyl sites for hydroxylation is 1. The number of nitrogens with zero attached hydrogens (tertiary/aromatic N) is 2. The van der Waals surface area contributed by atoms with Crippen LogP contribution in [0.4, 0.5) is 0 Å². The lowest BCUT2D eigenvalue weighted by Gasteiger charge is -2.40. The molecule has 4 nitrogen and oxygen atoms in total. The van der Waals surface area contributed by atoms with Crippen LogP contribution in [0.15, 0.2) is 16.3 Å². The molecule has 0 aromatic carbocycles. The summed E-state index contributed by atoms with van der Waals surface area (Å²) in [5.41, 5.74) is 0. The highest BCUT2D eigenvalue weighted by molar-refractivity contribution is 7.91. The van der Waals surface area contributed by atoms with E-state index < -0.39 is 10.0 Å². The Morgan fingerprint density at radius 1 is 1.09 bits per heavy atom. The molecule has 2 aliphatic rings. The third-order valence-electron chi connectivity index (χ3n) is 4.94. The molecule has 0 atom stereocenters. The van der Waals surface area contributed by atoms with E-state index in [0.717, 1.165) is 24.4 Å². The first-order chi connectivity index (χ1) is 10.6. The van der Waals surface area contributed by atoms with Crippen molar-refractivity contribution >= 4 is 21.4 Å². The standard InChI is InChI=1S/C16H26N2O2S2/c1-2-15-8-9-16(21-15)22(19,20)18-12-10-17(11-13-18)14-6-4-3-5-7-14/h8-9,14H,2-7,10-13H2,1H3. The SMILES string of the molecule is CCc1ccc(S(=O)(=O)N2CCN(C3CCCCC3)CC2)s1. The molecule has 0 N–H and O–H groups in total. The molecule has 1 aliphatic heterocycles. The Hall–Kier alpha value is -0.430. The molecular formula is C16H26N2O2S2. The molecule has 22 heavy (non-hydrogen) atoms. The molecule has 0 radical (unpaired) electrons. The number of thiophene rings is 1. The second-order valence-electron chi connectivity index (χ2n) is 6.31. The molecule has 1 aliphatic carbocycles. The Labute approximate surface area is 138 Å². The summed E-state index contributed by atoms with van der Waals surface area (Å²) in [6.07, 6.45) is 7.50. The summed E-state index contributed by atoms with van der Waals surface area (Å²) in [5, 5.41) is 0. The van der Waals surface area contributed by atoms with Gasteiger partial charge in [0.1, 0.15) is 4.21 Å². The van der Waals surface area contributed by atoms with Crippen molar-refractivity contribution in [1.82, 2.24) is 9.21 Å². The van der Waals surface area contributed by atoms with E-state index in [9.17, 15) is 8.42 Å². The normalized spacial score (nSPS) is 23.0. The van der Waals surface area contributed by atoms with Gasteiger partial charge in [0.25, 0.3) is 10.0 Å². The van der Waals surface area contributed by atoms with Gasteiger partial charge < -0.3 is 0 Å². The number of hydrogen-bond acceptors (Lipinski definition) is 4. The van der Waals surface area contributed by atoms with Gasteiger partial charge >= 0.3 is 0 Å². The highest BCUT2D eigenvalue weighted by Crippen LogP contribution is 2.28. The van der Waals surface area contributed by atoms with E-state index in [4.69, 9.17) is 0 Å². The molecule has 2 heterocycles. The van der Waals surface area contributed by atoms with E-state index in [2.05, 4.69) is 11.8 Å². The molecule has 1 aromatic heterocycles. The lowest BCUT2D eigenvalue weighted by atomic mass is 9.94. The summed E-state index contributed by atoms with van der Waals surface area (Å²) in [6, 6.07) is 4.40. The lowest BCUT2D eigenvalue weighted by Crippen LogP contribution is -2.52. The maximum Gasteiger partial charge on any atom is 0.252 e. The van der Waals surface area contributed by atoms with Crippen LogP contribution in [0.25, 0.3) is 0 Å². The minimum atomic E-state index is -3.28. The Morgan fingerprint density at radius 2 is 1.77 bits per heavy atom. The summed E-state index contributed by atoms with van der Waals surface area (Å²) in [5.74, 6) is 0. The number of sulfonamides is 1. The summed E-state index contributed by atoms with van der Waals surface area (Å²) in [6.45, 7) is 5.10. The van der Waals surface area contributed by atoms with Crippen LogP contribution in [0.5, 0.6) is 0 Å². The molecule has 1 aromatic rings. The van der Waals surface area contributed by atoms with Gasteiger partial charge in [0.2, 0.25) is 0 Å². The topological polar surface area (TPSA) is 40.6 Å². The number of piperazine rings is 1. The smallest absolute Gasteiger partial charge is 0.252 e. The van der Waals surface area contributed by atoms with E-state index in [1.807, 2.05) is 6.07 Å². The average Bonchev–Trinajstić information content (AvgIpc) is 3.06. The first kappa shape index (κ1) is 16.4. The third-order valence-corrected chi connectivity index (χ3v) is 8.54. The Balaban J connectivity index is 1.62. The Bertz CT molecular complexity index is 583. The molecule has 6 heteroatoms. The highest BCUT2D eigenvalue weighted by atomic mass is 32.2. The van der Waals surface area contributed by atoms with Crippen molar-refractivity contribution in [3.05, 3.63) is 17.0 Å². The minimum absolute atomic E-state index is 0.510. The first-order valence-electron chi connectivity index (χ1n) is 8.44. The van der Waals surface area contributed by atoms with Gasteiger partial charge in [0.15, 0.2) is 0 Å². The fourth-order valence-corrected chi connectivity index (χ4v) is 6.44. The van der Waals surface area contributed by atoms with Gasteiger partial charge in [-0.1, -0.05) is 26.2 Å². The quantitative estimate of drug-likeness (QED) is 0.845. The van der Waals surface area contributed by atoms with Gasteiger partial charge in [-0.3, -0.25) is 4.90 Å². The molecule has 0 unspecified atom stereocenters. The van der Waals surface area contributed by atoms with Crippen LogP contribution in [0.3, 0.4) is 0 Å². The van der Waals surface area contributed by atoms with E-state index in [0.29, 0.717) is 23.3 Å². The highest BCUT2D eigenvalue weighted by Gasteiger charge is 2.32. The monoisotopic (exact) mass is 342 g/mol. The lowest BCUT2D eigenvalue weighted by molar-refractivity contribution is 0.111. The largest absolute Gasteiger partial charge is 0.298 e.